The van der Waals surface area contributed by atoms with E-state index >= 15 is 0 Å². The van der Waals surface area contributed by atoms with Crippen LogP contribution in [0.4, 0.5) is 9.59 Å². The summed E-state index contributed by atoms with van der Waals surface area (Å²) < 4.78 is 59.7. The van der Waals surface area contributed by atoms with Crippen LogP contribution in [0, 0.1) is 0 Å². The number of carboxylic acid groups (broad SMARTS) is 1. The van der Waals surface area contributed by atoms with Crippen molar-refractivity contribution >= 4 is 68.7 Å². The van der Waals surface area contributed by atoms with Crippen molar-refractivity contribution in [1.29, 1.82) is 0 Å². The number of ether oxygens (including phenoxy) is 7. The summed E-state index contributed by atoms with van der Waals surface area (Å²) in [7, 11) is 3.43. The number of benzene rings is 6. The zero-order valence-electron chi connectivity index (χ0n) is 44.7. The minimum atomic E-state index is -4.06. The van der Waals surface area contributed by atoms with Gasteiger partial charge in [0.05, 0.1) is 46.7 Å². The smallest absolute Gasteiger partial charge is 0.338 e. The second-order valence-electron chi connectivity index (χ2n) is 17.3. The number of aryl methyl sites for hydroxylation is 2. The average Bonchev–Trinajstić information content (AvgIpc) is 3.43. The van der Waals surface area contributed by atoms with Crippen LogP contribution < -0.4 is 50.5 Å². The van der Waals surface area contributed by atoms with Crippen LogP contribution in [-0.4, -0.2) is 103 Å². The third kappa shape index (κ3) is 22.2. The van der Waals surface area contributed by atoms with Crippen LogP contribution in [0.2, 0.25) is 0 Å². The van der Waals surface area contributed by atoms with Crippen molar-refractivity contribution < 1.29 is 85.4 Å². The van der Waals surface area contributed by atoms with E-state index in [0.717, 1.165) is 23.6 Å². The number of amides is 6. The highest BCUT2D eigenvalue weighted by Crippen LogP contribution is 2.31. The van der Waals surface area contributed by atoms with Gasteiger partial charge >= 0.3 is 24.0 Å². The first kappa shape index (κ1) is 63.0. The molecule has 0 aliphatic carbocycles. The number of carboxylic acids is 1. The Morgan fingerprint density at radius 1 is 0.500 bits per heavy atom. The highest BCUT2D eigenvalue weighted by atomic mass is 32.3. The van der Waals surface area contributed by atoms with Gasteiger partial charge in [0.1, 0.15) is 55.6 Å². The van der Waals surface area contributed by atoms with Crippen molar-refractivity contribution in [1.82, 2.24) is 10.6 Å². The van der Waals surface area contributed by atoms with Crippen LogP contribution in [0.5, 0.6) is 46.0 Å². The quantitative estimate of drug-likeness (QED) is 0.0117. The fourth-order valence-corrected chi connectivity index (χ4v) is 6.84. The highest BCUT2D eigenvalue weighted by Gasteiger charge is 2.19. The van der Waals surface area contributed by atoms with Gasteiger partial charge in [0.2, 0.25) is 11.8 Å². The number of primary amides is 2. The fourth-order valence-electron chi connectivity index (χ4n) is 6.84. The average molecular weight is 1120 g/mol. The van der Waals surface area contributed by atoms with Crippen LogP contribution >= 0.6 is 0 Å². The first-order valence-electron chi connectivity index (χ1n) is 23.7. The Morgan fingerprint density at radius 3 is 1.07 bits per heavy atom. The molecule has 0 saturated heterocycles. The summed E-state index contributed by atoms with van der Waals surface area (Å²) in [6.45, 7) is 0. The number of imide groups is 2. The van der Waals surface area contributed by atoms with Gasteiger partial charge in [0.15, 0.2) is 0 Å². The number of methoxy groups -OCH3 is 5. The minimum absolute atomic E-state index is 0.0987. The SMILES string of the molecule is COC(=O)/C(=C/c1cc(OC)cc(OC)c1)c1ccc(Oc2ccc(CCC(=O)NC(N)=O)cc2)cc1.COc1cc(/C=C(/C(=O)O)c2ccc(Oc3ccc(CCC(=O)NC(N)=O)cc3)cc2)cc(OC)c1.CS(C)(=O)(O)OO. The second-order valence-corrected chi connectivity index (χ2v) is 20.8. The normalized spacial score (nSPS) is 11.5. The molecule has 22 nitrogen and oxygen atoms in total. The van der Waals surface area contributed by atoms with Gasteiger partial charge in [0, 0.05) is 37.5 Å². The Morgan fingerprint density at radius 2 is 0.800 bits per heavy atom. The molecule has 0 bridgehead atoms. The van der Waals surface area contributed by atoms with Crippen LogP contribution in [0.15, 0.2) is 133 Å². The molecule has 0 spiro atoms. The maximum absolute atomic E-state index is 12.5. The molecule has 0 heterocycles. The number of carbonyl (C=O) groups excluding carboxylic acids is 5. The zero-order chi connectivity index (χ0) is 59.0. The summed E-state index contributed by atoms with van der Waals surface area (Å²) in [5, 5.41) is 21.5. The van der Waals surface area contributed by atoms with Crippen LogP contribution in [-0.2, 0) is 50.7 Å². The Kier molecular flexibility index (Phi) is 23.5. The molecule has 6 aromatic rings. The summed E-state index contributed by atoms with van der Waals surface area (Å²) in [5.74, 6) is 2.13. The molecule has 6 amide bonds. The molecular formula is C57H62N4O18S. The number of hydrogen-bond donors (Lipinski definition) is 7. The van der Waals surface area contributed by atoms with E-state index in [-0.39, 0.29) is 18.4 Å². The standard InChI is InChI=1S/C28H28N2O7.C27H26N2O7.C2H8O4S/c1-34-23-14-19(15-24(17-23)35-2)16-25(27(32)36-3)20-7-11-22(12-8-20)37-21-9-4-18(5-10-21)6-13-26(31)30-28(29)33;1-34-22-13-18(14-23(16-22)35-2)15-24(26(31)32)19-6-10-21(11-7-19)36-20-8-3-17(4-9-20)5-12-25(30)29-27(28)33;1-7(2,4,5)6-3/h4-5,7-12,14-17H,6,13H2,1-3H3,(H3,29,30,31,33);3-4,6-11,13-16H,5,12H2,1-2H3,(H,31,32)(H3,28,29,30,33);3H,1-2H3,(H,4,5)/b25-16+;24-15+;. The van der Waals surface area contributed by atoms with Gasteiger partial charge in [-0.2, -0.15) is 0 Å². The van der Waals surface area contributed by atoms with Crippen molar-refractivity contribution in [2.75, 3.05) is 48.1 Å². The van der Waals surface area contributed by atoms with E-state index in [1.807, 2.05) is 34.9 Å². The fraction of sp³-hybridized carbons (Fsp3) is 0.193. The number of esters is 1. The predicted octanol–water partition coefficient (Wildman–Crippen LogP) is 8.53. The molecule has 0 aliphatic rings. The number of nitrogens with one attached hydrogen (secondary N) is 2. The number of aliphatic carboxylic acids is 1. The second kappa shape index (κ2) is 29.8. The van der Waals surface area contributed by atoms with Gasteiger partial charge in [-0.05, 0) is 131 Å². The van der Waals surface area contributed by atoms with E-state index in [2.05, 4.69) is 4.33 Å². The molecule has 6 aromatic carbocycles. The largest absolute Gasteiger partial charge is 0.497 e. The molecule has 0 fully saturated rings. The van der Waals surface area contributed by atoms with Crippen molar-refractivity contribution in [3.63, 3.8) is 0 Å². The topological polar surface area (TPSA) is 330 Å². The van der Waals surface area contributed by atoms with Gasteiger partial charge in [0.25, 0.3) is 0 Å². The van der Waals surface area contributed by atoms with E-state index in [1.165, 1.54) is 21.3 Å². The summed E-state index contributed by atoms with van der Waals surface area (Å²) in [6, 6.07) is 36.8. The predicted molar refractivity (Wildman–Crippen MR) is 299 cm³/mol. The van der Waals surface area contributed by atoms with Gasteiger partial charge in [-0.15, -0.1) is 4.33 Å². The molecule has 80 heavy (non-hydrogen) atoms. The number of urea groups is 2. The molecule has 6 rings (SSSR count). The number of rotatable bonds is 21. The highest BCUT2D eigenvalue weighted by molar-refractivity contribution is 8.09. The Labute approximate surface area is 461 Å². The number of hydrogen-bond acceptors (Lipinski definition) is 16. The molecule has 0 aliphatic heterocycles. The lowest BCUT2D eigenvalue weighted by Crippen LogP contribution is -2.35. The third-order valence-corrected chi connectivity index (χ3v) is 11.1. The van der Waals surface area contributed by atoms with Crippen molar-refractivity contribution in [2.45, 2.75) is 25.7 Å². The van der Waals surface area contributed by atoms with Crippen LogP contribution in [0.3, 0.4) is 0 Å². The van der Waals surface area contributed by atoms with E-state index in [4.69, 9.17) is 54.4 Å². The van der Waals surface area contributed by atoms with Gasteiger partial charge < -0.3 is 54.3 Å². The molecule has 23 heteroatoms. The van der Waals surface area contributed by atoms with Gasteiger partial charge in [-0.25, -0.2) is 28.6 Å². The minimum Gasteiger partial charge on any atom is -0.497 e. The zero-order valence-corrected chi connectivity index (χ0v) is 45.5. The molecule has 0 aromatic heterocycles. The van der Waals surface area contributed by atoms with Crippen molar-refractivity contribution in [3.8, 4) is 46.0 Å². The Bertz CT molecular complexity index is 3190. The summed E-state index contributed by atoms with van der Waals surface area (Å²) in [6.07, 6.45) is 6.22. The summed E-state index contributed by atoms with van der Waals surface area (Å²) >= 11 is 0. The molecule has 9 N–H and O–H groups in total. The monoisotopic (exact) mass is 1120 g/mol. The Balaban J connectivity index is 0.000000308. The maximum atomic E-state index is 12.5. The summed E-state index contributed by atoms with van der Waals surface area (Å²) in [4.78, 5) is 69.0. The van der Waals surface area contributed by atoms with Crippen molar-refractivity contribution in [3.05, 3.63) is 167 Å². The first-order valence-corrected chi connectivity index (χ1v) is 26.4. The molecular weight excluding hydrogens is 1060 g/mol. The first-order chi connectivity index (χ1) is 37.9. The lowest BCUT2D eigenvalue weighted by atomic mass is 10.0. The van der Waals surface area contributed by atoms with E-state index in [9.17, 15) is 38.1 Å². The van der Waals surface area contributed by atoms with Gasteiger partial charge in [-0.1, -0.05) is 48.5 Å². The Hall–Kier alpha value is -9.55. The molecule has 424 valence electrons. The number of carbonyl (C=O) groups is 6. The third-order valence-electron chi connectivity index (χ3n) is 10.7. The molecule has 0 unspecified atom stereocenters. The van der Waals surface area contributed by atoms with E-state index < -0.39 is 45.4 Å². The van der Waals surface area contributed by atoms with E-state index in [0.29, 0.717) is 86.7 Å². The molecule has 0 atom stereocenters. The van der Waals surface area contributed by atoms with E-state index in [1.54, 1.807) is 136 Å². The molecule has 0 saturated carbocycles. The lowest BCUT2D eigenvalue weighted by Gasteiger charge is -2.20. The molecule has 0 radical (unpaired) electrons. The lowest BCUT2D eigenvalue weighted by molar-refractivity contribution is -0.141. The van der Waals surface area contributed by atoms with Crippen LogP contribution in [0.25, 0.3) is 23.3 Å². The van der Waals surface area contributed by atoms with Gasteiger partial charge in [-0.3, -0.25) is 20.2 Å². The number of nitrogens with two attached hydrogens (primary N) is 2. The van der Waals surface area contributed by atoms with Crippen molar-refractivity contribution in [2.24, 2.45) is 11.5 Å². The van der Waals surface area contributed by atoms with Crippen LogP contribution in [0.1, 0.15) is 46.2 Å². The summed E-state index contributed by atoms with van der Waals surface area (Å²) in [5.41, 5.74) is 14.6. The maximum Gasteiger partial charge on any atom is 0.338 e.